The van der Waals surface area contributed by atoms with Gasteiger partial charge in [0.25, 0.3) is 0 Å². The molecule has 1 aliphatic heterocycles. The summed E-state index contributed by atoms with van der Waals surface area (Å²) in [6.07, 6.45) is -0.811. The van der Waals surface area contributed by atoms with Gasteiger partial charge in [0.1, 0.15) is 0 Å². The SMILES string of the molecule is OCC[C@H]1CNC[C@@H](O)[C@@H]1O. The highest BCUT2D eigenvalue weighted by Crippen LogP contribution is 2.14. The molecule has 4 heteroatoms. The van der Waals surface area contributed by atoms with Gasteiger partial charge in [-0.25, -0.2) is 0 Å². The van der Waals surface area contributed by atoms with Gasteiger partial charge in [0, 0.05) is 25.6 Å². The van der Waals surface area contributed by atoms with Crippen LogP contribution in [-0.4, -0.2) is 47.2 Å². The highest BCUT2D eigenvalue weighted by atomic mass is 16.3. The van der Waals surface area contributed by atoms with E-state index >= 15 is 0 Å². The van der Waals surface area contributed by atoms with Gasteiger partial charge in [-0.1, -0.05) is 0 Å². The summed E-state index contributed by atoms with van der Waals surface area (Å²) >= 11 is 0. The molecule has 3 atom stereocenters. The maximum absolute atomic E-state index is 9.37. The Balaban J connectivity index is 2.38. The van der Waals surface area contributed by atoms with Crippen molar-refractivity contribution in [2.24, 2.45) is 5.92 Å². The van der Waals surface area contributed by atoms with Crippen molar-refractivity contribution >= 4 is 0 Å². The van der Waals surface area contributed by atoms with Crippen LogP contribution in [-0.2, 0) is 0 Å². The first kappa shape index (κ1) is 8.93. The molecule has 1 fully saturated rings. The largest absolute Gasteiger partial charge is 0.396 e. The maximum Gasteiger partial charge on any atom is 0.0926 e. The molecule has 0 amide bonds. The van der Waals surface area contributed by atoms with Crippen molar-refractivity contribution in [2.75, 3.05) is 19.7 Å². The number of hydrogen-bond acceptors (Lipinski definition) is 4. The molecule has 0 saturated carbocycles. The van der Waals surface area contributed by atoms with E-state index in [1.807, 2.05) is 0 Å². The summed E-state index contributed by atoms with van der Waals surface area (Å²) in [5.74, 6) is -0.0104. The lowest BCUT2D eigenvalue weighted by atomic mass is 9.91. The van der Waals surface area contributed by atoms with E-state index in [4.69, 9.17) is 5.11 Å². The van der Waals surface area contributed by atoms with Crippen LogP contribution in [0.5, 0.6) is 0 Å². The second-order valence-electron chi connectivity index (χ2n) is 2.99. The summed E-state index contributed by atoms with van der Waals surface area (Å²) in [6.45, 7) is 1.19. The standard InChI is InChI=1S/C7H15NO3/c9-2-1-5-3-8-4-6(10)7(5)11/h5-11H,1-4H2/t5-,6+,7+/m0/s1. The third-order valence-corrected chi connectivity index (χ3v) is 2.14. The average molecular weight is 161 g/mol. The molecule has 0 aromatic rings. The molecule has 4 nitrogen and oxygen atoms in total. The summed E-state index contributed by atoms with van der Waals surface area (Å²) in [4.78, 5) is 0. The lowest BCUT2D eigenvalue weighted by molar-refractivity contribution is -0.0404. The number of β-amino-alcohol motifs (C(OH)–C–C–N with tert-alkyl or cyclic N) is 1. The molecule has 0 radical (unpaired) electrons. The number of aliphatic hydroxyl groups excluding tert-OH is 3. The average Bonchev–Trinajstić information content (AvgIpc) is 1.99. The molecule has 0 spiro atoms. The molecule has 1 heterocycles. The zero-order valence-electron chi connectivity index (χ0n) is 6.40. The predicted molar refractivity (Wildman–Crippen MR) is 40.1 cm³/mol. The zero-order chi connectivity index (χ0) is 8.27. The van der Waals surface area contributed by atoms with Gasteiger partial charge in [0.15, 0.2) is 0 Å². The van der Waals surface area contributed by atoms with Crippen LogP contribution in [0.3, 0.4) is 0 Å². The van der Waals surface area contributed by atoms with Gasteiger partial charge in [-0.2, -0.15) is 0 Å². The van der Waals surface area contributed by atoms with Gasteiger partial charge in [0.2, 0.25) is 0 Å². The second kappa shape index (κ2) is 4.01. The molecule has 1 saturated heterocycles. The Morgan fingerprint density at radius 1 is 1.27 bits per heavy atom. The van der Waals surface area contributed by atoms with Crippen LogP contribution < -0.4 is 5.32 Å². The van der Waals surface area contributed by atoms with Gasteiger partial charge in [-0.3, -0.25) is 0 Å². The molecule has 4 N–H and O–H groups in total. The molecule has 11 heavy (non-hydrogen) atoms. The normalized spacial score (nSPS) is 39.0. The third kappa shape index (κ3) is 2.13. The van der Waals surface area contributed by atoms with E-state index in [9.17, 15) is 10.2 Å². The zero-order valence-corrected chi connectivity index (χ0v) is 6.40. The van der Waals surface area contributed by atoms with Gasteiger partial charge in [-0.05, 0) is 6.42 Å². The van der Waals surface area contributed by atoms with Crippen LogP contribution in [0.4, 0.5) is 0 Å². The monoisotopic (exact) mass is 161 g/mol. The van der Waals surface area contributed by atoms with E-state index in [0.29, 0.717) is 19.5 Å². The van der Waals surface area contributed by atoms with Crippen LogP contribution >= 0.6 is 0 Å². The highest BCUT2D eigenvalue weighted by Gasteiger charge is 2.29. The van der Waals surface area contributed by atoms with Crippen molar-refractivity contribution < 1.29 is 15.3 Å². The van der Waals surface area contributed by atoms with Gasteiger partial charge in [-0.15, -0.1) is 0 Å². The van der Waals surface area contributed by atoms with Gasteiger partial charge >= 0.3 is 0 Å². The summed E-state index contributed by atoms with van der Waals surface area (Å²) in [5.41, 5.74) is 0. The summed E-state index contributed by atoms with van der Waals surface area (Å²) in [5, 5.41) is 30.1. The lowest BCUT2D eigenvalue weighted by Gasteiger charge is -2.32. The van der Waals surface area contributed by atoms with Crippen molar-refractivity contribution in [3.63, 3.8) is 0 Å². The van der Waals surface area contributed by atoms with Crippen LogP contribution in [0.1, 0.15) is 6.42 Å². The fourth-order valence-electron chi connectivity index (χ4n) is 1.41. The van der Waals surface area contributed by atoms with Crippen molar-refractivity contribution in [3.8, 4) is 0 Å². The number of hydrogen-bond donors (Lipinski definition) is 4. The van der Waals surface area contributed by atoms with E-state index in [2.05, 4.69) is 5.32 Å². The maximum atomic E-state index is 9.37. The number of aliphatic hydroxyl groups is 3. The fraction of sp³-hybridized carbons (Fsp3) is 1.00. The Morgan fingerprint density at radius 3 is 2.64 bits per heavy atom. The summed E-state index contributed by atoms with van der Waals surface area (Å²) < 4.78 is 0. The van der Waals surface area contributed by atoms with Crippen LogP contribution in [0.15, 0.2) is 0 Å². The van der Waals surface area contributed by atoms with E-state index < -0.39 is 12.2 Å². The topological polar surface area (TPSA) is 72.7 Å². The first-order valence-electron chi connectivity index (χ1n) is 3.93. The minimum Gasteiger partial charge on any atom is -0.396 e. The molecule has 0 bridgehead atoms. The molecule has 66 valence electrons. The smallest absolute Gasteiger partial charge is 0.0926 e. The number of nitrogens with one attached hydrogen (secondary N) is 1. The number of rotatable bonds is 2. The van der Waals surface area contributed by atoms with E-state index in [1.165, 1.54) is 0 Å². The van der Waals surface area contributed by atoms with E-state index in [-0.39, 0.29) is 12.5 Å². The second-order valence-corrected chi connectivity index (χ2v) is 2.99. The van der Waals surface area contributed by atoms with Crippen LogP contribution in [0, 0.1) is 5.92 Å². The molecule has 0 aromatic heterocycles. The van der Waals surface area contributed by atoms with Crippen molar-refractivity contribution in [2.45, 2.75) is 18.6 Å². The highest BCUT2D eigenvalue weighted by molar-refractivity contribution is 4.83. The molecule has 0 aromatic carbocycles. The Bertz CT molecular complexity index is 118. The summed E-state index contributed by atoms with van der Waals surface area (Å²) in [7, 11) is 0. The fourth-order valence-corrected chi connectivity index (χ4v) is 1.41. The Hall–Kier alpha value is -0.160. The third-order valence-electron chi connectivity index (χ3n) is 2.14. The Morgan fingerprint density at radius 2 is 2.00 bits per heavy atom. The molecule has 0 aliphatic carbocycles. The van der Waals surface area contributed by atoms with Crippen molar-refractivity contribution in [3.05, 3.63) is 0 Å². The van der Waals surface area contributed by atoms with Crippen LogP contribution in [0.2, 0.25) is 0 Å². The van der Waals surface area contributed by atoms with E-state index in [0.717, 1.165) is 0 Å². The lowest BCUT2D eigenvalue weighted by Crippen LogP contribution is -2.50. The molecular formula is C7H15NO3. The molecule has 0 unspecified atom stereocenters. The summed E-state index contributed by atoms with van der Waals surface area (Å²) in [6, 6.07) is 0. The van der Waals surface area contributed by atoms with Crippen molar-refractivity contribution in [1.29, 1.82) is 0 Å². The Labute approximate surface area is 65.9 Å². The predicted octanol–water partition coefficient (Wildman–Crippen LogP) is -1.69. The first-order chi connectivity index (χ1) is 5.25. The van der Waals surface area contributed by atoms with Gasteiger partial charge in [0.05, 0.1) is 12.2 Å². The number of piperidine rings is 1. The molecule has 1 aliphatic rings. The minimum absolute atomic E-state index is 0.0104. The van der Waals surface area contributed by atoms with Crippen LogP contribution in [0.25, 0.3) is 0 Å². The molecule has 1 rings (SSSR count). The van der Waals surface area contributed by atoms with Crippen molar-refractivity contribution in [1.82, 2.24) is 5.32 Å². The van der Waals surface area contributed by atoms with E-state index in [1.54, 1.807) is 0 Å². The quantitative estimate of drug-likeness (QED) is 0.390. The minimum atomic E-state index is -0.680. The Kier molecular flexibility index (Phi) is 3.26. The molecular weight excluding hydrogens is 146 g/mol. The first-order valence-corrected chi connectivity index (χ1v) is 3.93. The van der Waals surface area contributed by atoms with Gasteiger partial charge < -0.3 is 20.6 Å².